The fourth-order valence-electron chi connectivity index (χ4n) is 3.15. The predicted octanol–water partition coefficient (Wildman–Crippen LogP) is 3.69. The first-order valence-corrected chi connectivity index (χ1v) is 9.64. The third kappa shape index (κ3) is 8.20. The van der Waals surface area contributed by atoms with Gasteiger partial charge in [-0.2, -0.15) is 0 Å². The number of rotatable bonds is 6. The van der Waals surface area contributed by atoms with Crippen molar-refractivity contribution >= 4 is 0 Å². The van der Waals surface area contributed by atoms with E-state index in [1.165, 1.54) is 25.7 Å². The van der Waals surface area contributed by atoms with E-state index in [-0.39, 0.29) is 12.5 Å². The standard InChI is InChI=1S/C21H32O3/c22-18-19(11-4-5-13-21-15-7-9-17-24-21)10-2-1-3-12-20-14-6-8-16-23-20/h19-22H,2,6-18H2. The van der Waals surface area contributed by atoms with Crippen molar-refractivity contribution in [2.75, 3.05) is 19.8 Å². The monoisotopic (exact) mass is 332 g/mol. The average Bonchev–Trinajstić information content (AvgIpc) is 2.65. The Labute approximate surface area is 147 Å². The SMILES string of the molecule is OCC(CC#CCC1CCCCO1)CCC#CCC1CCCCO1. The maximum atomic E-state index is 9.47. The summed E-state index contributed by atoms with van der Waals surface area (Å²) in [5.41, 5.74) is 0. The number of hydrogen-bond donors (Lipinski definition) is 1. The lowest BCUT2D eigenvalue weighted by molar-refractivity contribution is 0.0196. The van der Waals surface area contributed by atoms with Crippen LogP contribution in [0.15, 0.2) is 0 Å². The van der Waals surface area contributed by atoms with Crippen molar-refractivity contribution in [1.82, 2.24) is 0 Å². The quantitative estimate of drug-likeness (QED) is 0.754. The molecule has 3 heteroatoms. The zero-order chi connectivity index (χ0) is 16.9. The van der Waals surface area contributed by atoms with Gasteiger partial charge in [-0.1, -0.05) is 0 Å². The molecule has 2 aliphatic rings. The summed E-state index contributed by atoms with van der Waals surface area (Å²) in [5.74, 6) is 13.2. The van der Waals surface area contributed by atoms with Gasteiger partial charge in [-0.3, -0.25) is 0 Å². The smallest absolute Gasteiger partial charge is 0.0684 e. The van der Waals surface area contributed by atoms with Gasteiger partial charge >= 0.3 is 0 Å². The van der Waals surface area contributed by atoms with Gasteiger partial charge in [0, 0.05) is 45.5 Å². The van der Waals surface area contributed by atoms with E-state index in [0.717, 1.165) is 58.2 Å². The molecule has 0 aliphatic carbocycles. The maximum absolute atomic E-state index is 9.47. The average molecular weight is 332 g/mol. The molecule has 0 amide bonds. The van der Waals surface area contributed by atoms with Crippen LogP contribution >= 0.6 is 0 Å². The number of hydrogen-bond acceptors (Lipinski definition) is 3. The molecule has 2 aliphatic heterocycles. The number of aliphatic hydroxyl groups excluding tert-OH is 1. The van der Waals surface area contributed by atoms with Crippen molar-refractivity contribution < 1.29 is 14.6 Å². The largest absolute Gasteiger partial charge is 0.396 e. The van der Waals surface area contributed by atoms with Crippen LogP contribution in [0.1, 0.15) is 70.6 Å². The van der Waals surface area contributed by atoms with E-state index in [1.54, 1.807) is 0 Å². The summed E-state index contributed by atoms with van der Waals surface area (Å²) >= 11 is 0. The Kier molecular flexibility index (Phi) is 9.97. The molecule has 0 saturated carbocycles. The molecule has 0 aromatic rings. The van der Waals surface area contributed by atoms with E-state index >= 15 is 0 Å². The third-order valence-corrected chi connectivity index (χ3v) is 4.78. The van der Waals surface area contributed by atoms with Crippen molar-refractivity contribution in [1.29, 1.82) is 0 Å². The molecular formula is C21H32O3. The molecule has 3 atom stereocenters. The first-order chi connectivity index (χ1) is 11.9. The van der Waals surface area contributed by atoms with E-state index in [4.69, 9.17) is 9.47 Å². The fraction of sp³-hybridized carbons (Fsp3) is 0.810. The molecule has 2 heterocycles. The van der Waals surface area contributed by atoms with E-state index < -0.39 is 0 Å². The molecule has 24 heavy (non-hydrogen) atoms. The summed E-state index contributed by atoms with van der Waals surface area (Å²) in [6.07, 6.45) is 12.1. The second-order valence-electron chi connectivity index (χ2n) is 6.88. The molecule has 3 unspecified atom stereocenters. The molecule has 2 fully saturated rings. The Morgan fingerprint density at radius 3 is 2.00 bits per heavy atom. The van der Waals surface area contributed by atoms with Crippen LogP contribution in [0.5, 0.6) is 0 Å². The summed E-state index contributed by atoms with van der Waals surface area (Å²) in [6.45, 7) is 1.97. The van der Waals surface area contributed by atoms with Crippen molar-refractivity contribution in [3.05, 3.63) is 0 Å². The van der Waals surface area contributed by atoms with Crippen LogP contribution < -0.4 is 0 Å². The first-order valence-electron chi connectivity index (χ1n) is 9.64. The van der Waals surface area contributed by atoms with Crippen molar-refractivity contribution in [3.63, 3.8) is 0 Å². The molecule has 2 rings (SSSR count). The highest BCUT2D eigenvalue weighted by Crippen LogP contribution is 2.16. The van der Waals surface area contributed by atoms with Gasteiger partial charge < -0.3 is 14.6 Å². The lowest BCUT2D eigenvalue weighted by atomic mass is 10.00. The van der Waals surface area contributed by atoms with Gasteiger partial charge in [0.25, 0.3) is 0 Å². The molecule has 3 nitrogen and oxygen atoms in total. The van der Waals surface area contributed by atoms with Crippen LogP contribution in [0.25, 0.3) is 0 Å². The minimum absolute atomic E-state index is 0.196. The molecule has 0 spiro atoms. The van der Waals surface area contributed by atoms with Crippen LogP contribution in [0.2, 0.25) is 0 Å². The number of ether oxygens (including phenoxy) is 2. The second kappa shape index (κ2) is 12.4. The van der Waals surface area contributed by atoms with Gasteiger partial charge in [0.2, 0.25) is 0 Å². The van der Waals surface area contributed by atoms with Gasteiger partial charge in [-0.15, -0.1) is 23.7 Å². The highest BCUT2D eigenvalue weighted by molar-refractivity contribution is 5.03. The summed E-state index contributed by atoms with van der Waals surface area (Å²) in [5, 5.41) is 9.47. The third-order valence-electron chi connectivity index (χ3n) is 4.78. The second-order valence-corrected chi connectivity index (χ2v) is 6.88. The van der Waals surface area contributed by atoms with Gasteiger partial charge in [-0.05, 0) is 50.9 Å². The molecule has 1 N–H and O–H groups in total. The van der Waals surface area contributed by atoms with E-state index in [9.17, 15) is 5.11 Å². The zero-order valence-corrected chi connectivity index (χ0v) is 14.9. The first kappa shape index (κ1) is 19.3. The fourth-order valence-corrected chi connectivity index (χ4v) is 3.15. The van der Waals surface area contributed by atoms with E-state index in [1.807, 2.05) is 0 Å². The lowest BCUT2D eigenvalue weighted by Gasteiger charge is -2.20. The summed E-state index contributed by atoms with van der Waals surface area (Å²) in [7, 11) is 0. The molecular weight excluding hydrogens is 300 g/mol. The molecule has 0 aromatic heterocycles. The Hall–Kier alpha value is -1.00. The van der Waals surface area contributed by atoms with Crippen LogP contribution in [0.4, 0.5) is 0 Å². The van der Waals surface area contributed by atoms with Crippen LogP contribution in [-0.2, 0) is 9.47 Å². The predicted molar refractivity (Wildman–Crippen MR) is 96.4 cm³/mol. The summed E-state index contributed by atoms with van der Waals surface area (Å²) in [6, 6.07) is 0. The Morgan fingerprint density at radius 2 is 1.46 bits per heavy atom. The minimum Gasteiger partial charge on any atom is -0.396 e. The zero-order valence-electron chi connectivity index (χ0n) is 14.9. The molecule has 0 aromatic carbocycles. The normalized spacial score (nSPS) is 25.0. The Balaban J connectivity index is 1.56. The van der Waals surface area contributed by atoms with Crippen molar-refractivity contribution in [2.45, 2.75) is 82.8 Å². The molecule has 134 valence electrons. The Bertz CT molecular complexity index is 439. The molecule has 0 radical (unpaired) electrons. The maximum Gasteiger partial charge on any atom is 0.0684 e. The molecule has 0 bridgehead atoms. The summed E-state index contributed by atoms with van der Waals surface area (Å²) in [4.78, 5) is 0. The van der Waals surface area contributed by atoms with Crippen molar-refractivity contribution in [2.24, 2.45) is 5.92 Å². The van der Waals surface area contributed by atoms with Crippen molar-refractivity contribution in [3.8, 4) is 23.7 Å². The van der Waals surface area contributed by atoms with Crippen LogP contribution in [0.3, 0.4) is 0 Å². The highest BCUT2D eigenvalue weighted by Gasteiger charge is 2.12. The van der Waals surface area contributed by atoms with Crippen LogP contribution in [-0.4, -0.2) is 37.1 Å². The minimum atomic E-state index is 0.196. The van der Waals surface area contributed by atoms with Gasteiger partial charge in [0.1, 0.15) is 0 Å². The Morgan fingerprint density at radius 1 is 0.833 bits per heavy atom. The van der Waals surface area contributed by atoms with Gasteiger partial charge in [-0.25, -0.2) is 0 Å². The highest BCUT2D eigenvalue weighted by atomic mass is 16.5. The lowest BCUT2D eigenvalue weighted by Crippen LogP contribution is -2.18. The van der Waals surface area contributed by atoms with Crippen LogP contribution in [0, 0.1) is 29.6 Å². The van der Waals surface area contributed by atoms with E-state index in [0.29, 0.717) is 12.2 Å². The van der Waals surface area contributed by atoms with Gasteiger partial charge in [0.15, 0.2) is 0 Å². The number of aliphatic hydroxyl groups is 1. The molecule has 2 saturated heterocycles. The van der Waals surface area contributed by atoms with Gasteiger partial charge in [0.05, 0.1) is 12.2 Å². The van der Waals surface area contributed by atoms with E-state index in [2.05, 4.69) is 23.7 Å². The summed E-state index contributed by atoms with van der Waals surface area (Å²) < 4.78 is 11.3. The topological polar surface area (TPSA) is 38.7 Å².